The molecular formula is C21H31ClN2O2. The molecule has 0 unspecified atom stereocenters. The second-order valence-electron chi connectivity index (χ2n) is 8.15. The summed E-state index contributed by atoms with van der Waals surface area (Å²) < 4.78 is 6.12. The summed E-state index contributed by atoms with van der Waals surface area (Å²) in [4.78, 5) is 15.4. The lowest BCUT2D eigenvalue weighted by Crippen LogP contribution is -2.52. The molecule has 1 amide bonds. The summed E-state index contributed by atoms with van der Waals surface area (Å²) in [6.07, 6.45) is 6.88. The highest BCUT2D eigenvalue weighted by atomic mass is 35.5. The van der Waals surface area contributed by atoms with Gasteiger partial charge in [-0.3, -0.25) is 4.79 Å². The van der Waals surface area contributed by atoms with Crippen LogP contribution in [0.25, 0.3) is 0 Å². The molecule has 4 rings (SSSR count). The van der Waals surface area contributed by atoms with E-state index in [4.69, 9.17) is 4.74 Å². The van der Waals surface area contributed by atoms with Crippen LogP contribution in [0.15, 0.2) is 24.3 Å². The monoisotopic (exact) mass is 378 g/mol. The van der Waals surface area contributed by atoms with Crippen LogP contribution in [0.4, 0.5) is 0 Å². The lowest BCUT2D eigenvalue weighted by molar-refractivity contribution is -0.147. The smallest absolute Gasteiger partial charge is 0.230 e. The number of likely N-dealkylation sites (tertiary alicyclic amines) is 1. The molecule has 1 aliphatic carbocycles. The summed E-state index contributed by atoms with van der Waals surface area (Å²) in [5.74, 6) is 1.91. The SMILES string of the molecule is Cc1ccc(OC2CCN(C(=O)[C@@]34CCCC[C@H]3CNC4)CC2)cc1.Cl. The third-order valence-electron chi connectivity index (χ3n) is 6.52. The Morgan fingerprint density at radius 1 is 1.15 bits per heavy atom. The fourth-order valence-electron chi connectivity index (χ4n) is 4.97. The van der Waals surface area contributed by atoms with Gasteiger partial charge < -0.3 is 15.0 Å². The number of amides is 1. The van der Waals surface area contributed by atoms with E-state index in [1.807, 2.05) is 12.1 Å². The molecule has 3 aliphatic rings. The Hall–Kier alpha value is -1.26. The van der Waals surface area contributed by atoms with Crippen LogP contribution in [-0.4, -0.2) is 43.1 Å². The average molecular weight is 379 g/mol. The number of hydrogen-bond acceptors (Lipinski definition) is 3. The van der Waals surface area contributed by atoms with Crippen molar-refractivity contribution in [2.75, 3.05) is 26.2 Å². The summed E-state index contributed by atoms with van der Waals surface area (Å²) in [6.45, 7) is 5.67. The van der Waals surface area contributed by atoms with Crippen LogP contribution in [0.1, 0.15) is 44.1 Å². The molecular weight excluding hydrogens is 348 g/mol. The van der Waals surface area contributed by atoms with E-state index in [0.717, 1.165) is 51.2 Å². The summed E-state index contributed by atoms with van der Waals surface area (Å²) in [7, 11) is 0. The zero-order valence-corrected chi connectivity index (χ0v) is 16.5. The van der Waals surface area contributed by atoms with Crippen molar-refractivity contribution in [3.63, 3.8) is 0 Å². The predicted octanol–water partition coefficient (Wildman–Crippen LogP) is 3.57. The molecule has 1 N–H and O–H groups in total. The van der Waals surface area contributed by atoms with Gasteiger partial charge in [0.05, 0.1) is 5.41 Å². The average Bonchev–Trinajstić information content (AvgIpc) is 3.09. The van der Waals surface area contributed by atoms with Gasteiger partial charge >= 0.3 is 0 Å². The molecule has 0 aromatic heterocycles. The molecule has 1 aromatic carbocycles. The summed E-state index contributed by atoms with van der Waals surface area (Å²) in [6, 6.07) is 8.26. The van der Waals surface area contributed by atoms with Gasteiger partial charge in [0.15, 0.2) is 0 Å². The molecule has 5 heteroatoms. The van der Waals surface area contributed by atoms with Crippen LogP contribution in [-0.2, 0) is 4.79 Å². The van der Waals surface area contributed by atoms with Crippen molar-refractivity contribution >= 4 is 18.3 Å². The second kappa shape index (κ2) is 8.18. The van der Waals surface area contributed by atoms with Crippen molar-refractivity contribution in [3.8, 4) is 5.75 Å². The van der Waals surface area contributed by atoms with Gasteiger partial charge in [-0.05, 0) is 44.4 Å². The Kier molecular flexibility index (Phi) is 6.13. The van der Waals surface area contributed by atoms with Gasteiger partial charge in [0.25, 0.3) is 0 Å². The molecule has 4 nitrogen and oxygen atoms in total. The molecule has 2 saturated heterocycles. The predicted molar refractivity (Wildman–Crippen MR) is 106 cm³/mol. The Morgan fingerprint density at radius 3 is 2.62 bits per heavy atom. The lowest BCUT2D eigenvalue weighted by Gasteiger charge is -2.42. The maximum Gasteiger partial charge on any atom is 0.230 e. The summed E-state index contributed by atoms with van der Waals surface area (Å²) in [5.41, 5.74) is 1.14. The van der Waals surface area contributed by atoms with Crippen LogP contribution in [0.5, 0.6) is 5.75 Å². The first-order chi connectivity index (χ1) is 12.2. The van der Waals surface area contributed by atoms with Crippen LogP contribution in [0.2, 0.25) is 0 Å². The summed E-state index contributed by atoms with van der Waals surface area (Å²) in [5, 5.41) is 3.50. The van der Waals surface area contributed by atoms with E-state index in [1.54, 1.807) is 0 Å². The number of piperidine rings is 1. The van der Waals surface area contributed by atoms with Gasteiger partial charge in [-0.15, -0.1) is 12.4 Å². The Bertz CT molecular complexity index is 613. The molecule has 144 valence electrons. The maximum atomic E-state index is 13.3. The molecule has 2 atom stereocenters. The first kappa shape index (κ1) is 19.5. The van der Waals surface area contributed by atoms with Gasteiger partial charge in [0.1, 0.15) is 11.9 Å². The van der Waals surface area contributed by atoms with E-state index < -0.39 is 0 Å². The minimum Gasteiger partial charge on any atom is -0.490 e. The molecule has 0 bridgehead atoms. The minimum atomic E-state index is -0.108. The van der Waals surface area contributed by atoms with Crippen LogP contribution >= 0.6 is 12.4 Å². The number of rotatable bonds is 3. The molecule has 1 saturated carbocycles. The van der Waals surface area contributed by atoms with Crippen molar-refractivity contribution in [2.45, 2.75) is 51.6 Å². The molecule has 0 spiro atoms. The highest BCUT2D eigenvalue weighted by molar-refractivity contribution is 5.85. The molecule has 3 fully saturated rings. The molecule has 26 heavy (non-hydrogen) atoms. The maximum absolute atomic E-state index is 13.3. The number of nitrogens with one attached hydrogen (secondary N) is 1. The molecule has 0 radical (unpaired) electrons. The van der Waals surface area contributed by atoms with Crippen LogP contribution in [0, 0.1) is 18.3 Å². The van der Waals surface area contributed by atoms with Crippen molar-refractivity contribution < 1.29 is 9.53 Å². The Labute approximate surface area is 163 Å². The largest absolute Gasteiger partial charge is 0.490 e. The van der Waals surface area contributed by atoms with Gasteiger partial charge in [0.2, 0.25) is 5.91 Å². The first-order valence-electron chi connectivity index (χ1n) is 9.91. The number of benzene rings is 1. The van der Waals surface area contributed by atoms with E-state index >= 15 is 0 Å². The lowest BCUT2D eigenvalue weighted by atomic mass is 9.67. The van der Waals surface area contributed by atoms with Gasteiger partial charge in [0, 0.05) is 32.5 Å². The van der Waals surface area contributed by atoms with E-state index in [-0.39, 0.29) is 23.9 Å². The number of aryl methyl sites for hydroxylation is 1. The standard InChI is InChI=1S/C21H30N2O2.ClH/c1-16-5-7-18(8-6-16)25-19-9-12-23(13-10-19)20(24)21-11-3-2-4-17(21)14-22-15-21;/h5-8,17,19,22H,2-4,9-15H2,1H3;1H/t17-,21+;/m0./s1. The second-order valence-corrected chi connectivity index (χ2v) is 8.15. The third kappa shape index (κ3) is 3.72. The number of ether oxygens (including phenoxy) is 1. The number of carbonyl (C=O) groups is 1. The highest BCUT2D eigenvalue weighted by Gasteiger charge is 2.51. The minimum absolute atomic E-state index is 0. The van der Waals surface area contributed by atoms with Crippen molar-refractivity contribution in [2.24, 2.45) is 11.3 Å². The molecule has 2 heterocycles. The molecule has 2 aliphatic heterocycles. The number of carbonyl (C=O) groups excluding carboxylic acids is 1. The number of fused-ring (bicyclic) bond motifs is 1. The van der Waals surface area contributed by atoms with Crippen molar-refractivity contribution in [3.05, 3.63) is 29.8 Å². The zero-order chi connectivity index (χ0) is 17.3. The van der Waals surface area contributed by atoms with Gasteiger partial charge in [-0.1, -0.05) is 30.5 Å². The van der Waals surface area contributed by atoms with E-state index in [2.05, 4.69) is 29.3 Å². The zero-order valence-electron chi connectivity index (χ0n) is 15.7. The van der Waals surface area contributed by atoms with Crippen LogP contribution in [0.3, 0.4) is 0 Å². The van der Waals surface area contributed by atoms with E-state index in [0.29, 0.717) is 11.8 Å². The number of hydrogen-bond donors (Lipinski definition) is 1. The third-order valence-corrected chi connectivity index (χ3v) is 6.52. The Morgan fingerprint density at radius 2 is 1.88 bits per heavy atom. The number of nitrogens with zero attached hydrogens (tertiary/aromatic N) is 1. The Balaban J connectivity index is 0.00000196. The van der Waals surface area contributed by atoms with E-state index in [1.165, 1.54) is 24.8 Å². The van der Waals surface area contributed by atoms with Crippen LogP contribution < -0.4 is 10.1 Å². The molecule has 1 aromatic rings. The quantitative estimate of drug-likeness (QED) is 0.874. The summed E-state index contributed by atoms with van der Waals surface area (Å²) >= 11 is 0. The van der Waals surface area contributed by atoms with E-state index in [9.17, 15) is 4.79 Å². The van der Waals surface area contributed by atoms with Gasteiger partial charge in [-0.2, -0.15) is 0 Å². The van der Waals surface area contributed by atoms with Crippen molar-refractivity contribution in [1.29, 1.82) is 0 Å². The number of halogens is 1. The fraction of sp³-hybridized carbons (Fsp3) is 0.667. The normalized spacial score (nSPS) is 29.0. The van der Waals surface area contributed by atoms with Gasteiger partial charge in [-0.25, -0.2) is 0 Å². The van der Waals surface area contributed by atoms with Crippen molar-refractivity contribution in [1.82, 2.24) is 10.2 Å². The topological polar surface area (TPSA) is 41.6 Å². The fourth-order valence-corrected chi connectivity index (χ4v) is 4.97. The first-order valence-corrected chi connectivity index (χ1v) is 9.91. The highest BCUT2D eigenvalue weighted by Crippen LogP contribution is 2.45.